The summed E-state index contributed by atoms with van der Waals surface area (Å²) in [5, 5.41) is 32.7. The van der Waals surface area contributed by atoms with E-state index in [-0.39, 0.29) is 30.0 Å². The maximum absolute atomic E-state index is 12.2. The fraction of sp³-hybridized carbons (Fsp3) is 0.318. The number of rotatable bonds is 11. The number of carbonyl (C=O) groups is 3. The quantitative estimate of drug-likeness (QED) is 0.198. The maximum atomic E-state index is 12.2. The number of esters is 2. The van der Waals surface area contributed by atoms with E-state index >= 15 is 0 Å². The SMILES string of the molecule is COC(=O)CCN(c1ccc(N=Nc2ccc([N+](=O)[O-])cc2[N+](=O)[O-])c(NC(C)=O)c1)[C@@H](C)C(=O)OC. The predicted molar refractivity (Wildman–Crippen MR) is 130 cm³/mol. The van der Waals surface area contributed by atoms with Gasteiger partial charge in [-0.25, -0.2) is 4.79 Å². The van der Waals surface area contributed by atoms with Crippen molar-refractivity contribution in [2.24, 2.45) is 10.2 Å². The van der Waals surface area contributed by atoms with Crippen LogP contribution in [0, 0.1) is 20.2 Å². The van der Waals surface area contributed by atoms with Gasteiger partial charge in [0.05, 0.1) is 42.2 Å². The molecule has 15 nitrogen and oxygen atoms in total. The van der Waals surface area contributed by atoms with Crippen LogP contribution in [-0.4, -0.2) is 54.5 Å². The molecule has 0 radical (unpaired) electrons. The number of amides is 1. The van der Waals surface area contributed by atoms with Crippen molar-refractivity contribution in [3.63, 3.8) is 0 Å². The number of nitrogens with zero attached hydrogens (tertiary/aromatic N) is 5. The molecule has 15 heteroatoms. The molecule has 2 rings (SSSR count). The third-order valence-electron chi connectivity index (χ3n) is 5.05. The second kappa shape index (κ2) is 12.7. The lowest BCUT2D eigenvalue weighted by atomic mass is 10.1. The number of nitrogens with one attached hydrogen (secondary N) is 1. The molecule has 196 valence electrons. The first-order valence-corrected chi connectivity index (χ1v) is 10.7. The van der Waals surface area contributed by atoms with Crippen LogP contribution in [0.15, 0.2) is 46.6 Å². The summed E-state index contributed by atoms with van der Waals surface area (Å²) in [4.78, 5) is 58.0. The highest BCUT2D eigenvalue weighted by molar-refractivity contribution is 5.93. The van der Waals surface area contributed by atoms with E-state index in [1.807, 2.05) is 0 Å². The monoisotopic (exact) mass is 516 g/mol. The number of nitro groups is 2. The standard InChI is InChI=1S/C22H24N6O9/c1-13(22(31)37-4)26(10-9-21(30)36-3)15-5-7-17(19(11-15)23-14(2)29)24-25-18-8-6-16(27(32)33)12-20(18)28(34)35/h5-8,11-13H,9-10H2,1-4H3,(H,23,29)/t13-/m0/s1. The highest BCUT2D eigenvalue weighted by Crippen LogP contribution is 2.36. The smallest absolute Gasteiger partial charge is 0.328 e. The van der Waals surface area contributed by atoms with Gasteiger partial charge in [0.15, 0.2) is 5.69 Å². The van der Waals surface area contributed by atoms with Crippen molar-refractivity contribution in [2.75, 3.05) is 31.0 Å². The summed E-state index contributed by atoms with van der Waals surface area (Å²) < 4.78 is 9.48. The topological polar surface area (TPSA) is 196 Å². The molecule has 1 amide bonds. The molecule has 0 heterocycles. The molecule has 0 spiro atoms. The summed E-state index contributed by atoms with van der Waals surface area (Å²) in [6.45, 7) is 2.90. The Kier molecular flexibility index (Phi) is 9.68. The summed E-state index contributed by atoms with van der Waals surface area (Å²) in [5.41, 5.74) is -0.681. The molecule has 0 aliphatic rings. The van der Waals surface area contributed by atoms with E-state index in [9.17, 15) is 34.6 Å². The van der Waals surface area contributed by atoms with Gasteiger partial charge in [-0.2, -0.15) is 0 Å². The average molecular weight is 516 g/mol. The first-order chi connectivity index (χ1) is 17.5. The molecule has 0 saturated carbocycles. The lowest BCUT2D eigenvalue weighted by molar-refractivity contribution is -0.393. The van der Waals surface area contributed by atoms with E-state index in [4.69, 9.17) is 4.74 Å². The summed E-state index contributed by atoms with van der Waals surface area (Å²) in [6, 6.07) is 6.55. The number of azo groups is 1. The van der Waals surface area contributed by atoms with Gasteiger partial charge in [0.2, 0.25) is 5.91 Å². The molecule has 2 aromatic rings. The fourth-order valence-electron chi connectivity index (χ4n) is 3.20. The van der Waals surface area contributed by atoms with Gasteiger partial charge in [0.25, 0.3) is 5.69 Å². The van der Waals surface area contributed by atoms with Gasteiger partial charge in [0.1, 0.15) is 11.7 Å². The Hall–Kier alpha value is -4.95. The molecule has 0 unspecified atom stereocenters. The van der Waals surface area contributed by atoms with Crippen LogP contribution in [0.3, 0.4) is 0 Å². The first-order valence-electron chi connectivity index (χ1n) is 10.7. The summed E-state index contributed by atoms with van der Waals surface area (Å²) in [5.74, 6) is -1.53. The van der Waals surface area contributed by atoms with Crippen LogP contribution >= 0.6 is 0 Å². The Morgan fingerprint density at radius 1 is 1.00 bits per heavy atom. The van der Waals surface area contributed by atoms with Gasteiger partial charge >= 0.3 is 17.6 Å². The Bertz CT molecular complexity index is 1250. The van der Waals surface area contributed by atoms with Crippen molar-refractivity contribution in [1.82, 2.24) is 0 Å². The Balaban J connectivity index is 2.52. The molecule has 0 bridgehead atoms. The van der Waals surface area contributed by atoms with Crippen LogP contribution in [0.4, 0.5) is 34.1 Å². The predicted octanol–water partition coefficient (Wildman–Crippen LogP) is 3.81. The van der Waals surface area contributed by atoms with Gasteiger partial charge in [-0.15, -0.1) is 10.2 Å². The number of non-ortho nitro benzene ring substituents is 1. The number of methoxy groups -OCH3 is 2. The van der Waals surface area contributed by atoms with Crippen LogP contribution in [0.25, 0.3) is 0 Å². The van der Waals surface area contributed by atoms with Crippen LogP contribution < -0.4 is 10.2 Å². The highest BCUT2D eigenvalue weighted by atomic mass is 16.6. The number of anilines is 2. The molecule has 0 aromatic heterocycles. The third-order valence-corrected chi connectivity index (χ3v) is 5.05. The third kappa shape index (κ3) is 7.51. The van der Waals surface area contributed by atoms with Crippen LogP contribution in [0.5, 0.6) is 0 Å². The number of carbonyl (C=O) groups excluding carboxylic acids is 3. The summed E-state index contributed by atoms with van der Waals surface area (Å²) >= 11 is 0. The zero-order valence-corrected chi connectivity index (χ0v) is 20.4. The van der Waals surface area contributed by atoms with E-state index in [0.29, 0.717) is 5.69 Å². The zero-order chi connectivity index (χ0) is 27.7. The van der Waals surface area contributed by atoms with E-state index in [2.05, 4.69) is 20.3 Å². The Labute approximate surface area is 210 Å². The molecule has 37 heavy (non-hydrogen) atoms. The van der Waals surface area contributed by atoms with Crippen LogP contribution in [0.2, 0.25) is 0 Å². The largest absolute Gasteiger partial charge is 0.469 e. The molecule has 0 saturated heterocycles. The molecule has 0 aliphatic heterocycles. The molecule has 0 aliphatic carbocycles. The second-order valence-electron chi connectivity index (χ2n) is 7.49. The second-order valence-corrected chi connectivity index (χ2v) is 7.49. The number of benzene rings is 2. The highest BCUT2D eigenvalue weighted by Gasteiger charge is 2.24. The van der Waals surface area contributed by atoms with Gasteiger partial charge in [0, 0.05) is 25.2 Å². The lowest BCUT2D eigenvalue weighted by Crippen LogP contribution is -2.41. The number of nitro benzene ring substituents is 2. The van der Waals surface area contributed by atoms with Crippen LogP contribution in [0.1, 0.15) is 20.3 Å². The molecule has 1 N–H and O–H groups in total. The first kappa shape index (κ1) is 28.3. The van der Waals surface area contributed by atoms with Crippen molar-refractivity contribution in [1.29, 1.82) is 0 Å². The normalized spacial score (nSPS) is 11.5. The van der Waals surface area contributed by atoms with Gasteiger partial charge < -0.3 is 19.7 Å². The molecule has 1 atom stereocenters. The number of ether oxygens (including phenoxy) is 2. The summed E-state index contributed by atoms with van der Waals surface area (Å²) in [6.07, 6.45) is -0.0431. The zero-order valence-electron chi connectivity index (χ0n) is 20.4. The van der Waals surface area contributed by atoms with E-state index in [1.54, 1.807) is 17.9 Å². The minimum absolute atomic E-state index is 0.0431. The van der Waals surface area contributed by atoms with Crippen molar-refractivity contribution in [3.8, 4) is 0 Å². The Morgan fingerprint density at radius 2 is 1.65 bits per heavy atom. The maximum Gasteiger partial charge on any atom is 0.328 e. The van der Waals surface area contributed by atoms with E-state index in [1.165, 1.54) is 33.3 Å². The Morgan fingerprint density at radius 3 is 2.22 bits per heavy atom. The minimum Gasteiger partial charge on any atom is -0.469 e. The molecule has 0 fully saturated rings. The van der Waals surface area contributed by atoms with E-state index < -0.39 is 45.1 Å². The van der Waals surface area contributed by atoms with Crippen molar-refractivity contribution in [2.45, 2.75) is 26.3 Å². The van der Waals surface area contributed by atoms with Crippen molar-refractivity contribution < 1.29 is 33.7 Å². The molecular formula is C22H24N6O9. The van der Waals surface area contributed by atoms with E-state index in [0.717, 1.165) is 18.2 Å². The average Bonchev–Trinajstić information content (AvgIpc) is 2.86. The van der Waals surface area contributed by atoms with Crippen molar-refractivity contribution >= 4 is 52.0 Å². The minimum atomic E-state index is -0.827. The summed E-state index contributed by atoms with van der Waals surface area (Å²) in [7, 11) is 2.46. The van der Waals surface area contributed by atoms with Gasteiger partial charge in [-0.05, 0) is 31.2 Å². The van der Waals surface area contributed by atoms with Crippen molar-refractivity contribution in [3.05, 3.63) is 56.6 Å². The number of hydrogen-bond acceptors (Lipinski definition) is 12. The van der Waals surface area contributed by atoms with Gasteiger partial charge in [-0.3, -0.25) is 29.8 Å². The van der Waals surface area contributed by atoms with Crippen LogP contribution in [-0.2, 0) is 23.9 Å². The van der Waals surface area contributed by atoms with Gasteiger partial charge in [-0.1, -0.05) is 0 Å². The fourth-order valence-corrected chi connectivity index (χ4v) is 3.20. The molecule has 2 aromatic carbocycles. The molecular weight excluding hydrogens is 492 g/mol. The number of hydrogen-bond donors (Lipinski definition) is 1. The lowest BCUT2D eigenvalue weighted by Gasteiger charge is -2.29.